The number of carbonyl (C=O) groups is 1. The van der Waals surface area contributed by atoms with E-state index in [1.807, 2.05) is 0 Å². The van der Waals surface area contributed by atoms with Crippen LogP contribution < -0.4 is 10.1 Å². The summed E-state index contributed by atoms with van der Waals surface area (Å²) in [5, 5.41) is 12.3. The van der Waals surface area contributed by atoms with E-state index in [-0.39, 0.29) is 5.91 Å². The monoisotopic (exact) mass is 337 g/mol. The number of carbonyl (C=O) groups excluding carboxylic acids is 1. The molecule has 2 rings (SSSR count). The molecule has 6 heteroatoms. The van der Waals surface area contributed by atoms with Crippen LogP contribution in [0.25, 0.3) is 6.08 Å². The Morgan fingerprint density at radius 1 is 1.23 bits per heavy atom. The quantitative estimate of drug-likeness (QED) is 0.641. The first kappa shape index (κ1) is 16.4. The summed E-state index contributed by atoms with van der Waals surface area (Å²) < 4.78 is 4.97. The third-order valence-electron chi connectivity index (χ3n) is 2.72. The van der Waals surface area contributed by atoms with Gasteiger partial charge in [-0.05, 0) is 35.9 Å². The van der Waals surface area contributed by atoms with Gasteiger partial charge in [-0.3, -0.25) is 4.79 Å². The second-order valence-electron chi connectivity index (χ2n) is 4.27. The molecule has 0 atom stereocenters. The second kappa shape index (κ2) is 7.84. The normalized spacial score (nSPS) is 10.7. The summed E-state index contributed by atoms with van der Waals surface area (Å²) in [6, 6.07) is 11.9. The molecule has 0 aromatic heterocycles. The standard InChI is InChI=1S/C16H13Cl2NO3/c17-12-4-2-5-13(9-12)19-15(21)8-7-11-3-1-6-14(16(11)18)22-10-20/h1-9,20H,10H2,(H,19,21)/b8-7+. The third-order valence-corrected chi connectivity index (χ3v) is 3.36. The van der Waals surface area contributed by atoms with E-state index in [4.69, 9.17) is 33.0 Å². The molecule has 2 N–H and O–H groups in total. The van der Waals surface area contributed by atoms with Crippen LogP contribution in [0.3, 0.4) is 0 Å². The molecule has 114 valence electrons. The molecule has 0 heterocycles. The average Bonchev–Trinajstić information content (AvgIpc) is 2.48. The molecule has 0 unspecified atom stereocenters. The number of nitrogens with one attached hydrogen (secondary N) is 1. The van der Waals surface area contributed by atoms with E-state index >= 15 is 0 Å². The van der Waals surface area contributed by atoms with Gasteiger partial charge in [0.2, 0.25) is 5.91 Å². The third kappa shape index (κ3) is 4.49. The summed E-state index contributed by atoms with van der Waals surface area (Å²) in [5.74, 6) is 0.0355. The molecule has 0 aliphatic rings. The molecule has 0 radical (unpaired) electrons. The van der Waals surface area contributed by atoms with Crippen molar-refractivity contribution in [1.29, 1.82) is 0 Å². The number of hydrogen-bond donors (Lipinski definition) is 2. The first-order valence-corrected chi connectivity index (χ1v) is 7.12. The van der Waals surface area contributed by atoms with Gasteiger partial charge in [0.25, 0.3) is 0 Å². The zero-order valence-electron chi connectivity index (χ0n) is 11.4. The zero-order chi connectivity index (χ0) is 15.9. The molecule has 0 bridgehead atoms. The molecular weight excluding hydrogens is 325 g/mol. The van der Waals surface area contributed by atoms with Gasteiger partial charge in [-0.15, -0.1) is 0 Å². The molecule has 2 aromatic rings. The largest absolute Gasteiger partial charge is 0.466 e. The summed E-state index contributed by atoms with van der Waals surface area (Å²) in [6.07, 6.45) is 2.91. The molecule has 0 spiro atoms. The van der Waals surface area contributed by atoms with Crippen LogP contribution in [0.1, 0.15) is 5.56 Å². The zero-order valence-corrected chi connectivity index (χ0v) is 12.9. The van der Waals surface area contributed by atoms with Crippen molar-refractivity contribution in [3.63, 3.8) is 0 Å². The number of hydrogen-bond acceptors (Lipinski definition) is 3. The van der Waals surface area contributed by atoms with Gasteiger partial charge in [-0.1, -0.05) is 41.4 Å². The van der Waals surface area contributed by atoms with E-state index in [0.717, 1.165) is 0 Å². The fraction of sp³-hybridized carbons (Fsp3) is 0.0625. The second-order valence-corrected chi connectivity index (χ2v) is 5.08. The van der Waals surface area contributed by atoms with Crippen molar-refractivity contribution in [3.8, 4) is 5.75 Å². The fourth-order valence-corrected chi connectivity index (χ4v) is 2.19. The highest BCUT2D eigenvalue weighted by atomic mass is 35.5. The van der Waals surface area contributed by atoms with Crippen molar-refractivity contribution >= 4 is 40.9 Å². The lowest BCUT2D eigenvalue weighted by Gasteiger charge is -2.06. The van der Waals surface area contributed by atoms with Gasteiger partial charge in [0.05, 0.1) is 5.02 Å². The number of benzene rings is 2. The molecule has 22 heavy (non-hydrogen) atoms. The Bertz CT molecular complexity index is 702. The lowest BCUT2D eigenvalue weighted by molar-refractivity contribution is -0.111. The Balaban J connectivity index is 2.08. The fourth-order valence-electron chi connectivity index (χ4n) is 1.75. The molecular formula is C16H13Cl2NO3. The summed E-state index contributed by atoms with van der Waals surface area (Å²) in [6.45, 7) is -0.470. The molecule has 0 aliphatic heterocycles. The first-order valence-electron chi connectivity index (χ1n) is 6.37. The van der Waals surface area contributed by atoms with Gasteiger partial charge in [0.1, 0.15) is 5.75 Å². The van der Waals surface area contributed by atoms with Crippen molar-refractivity contribution in [2.45, 2.75) is 0 Å². The van der Waals surface area contributed by atoms with Gasteiger partial charge < -0.3 is 15.2 Å². The van der Waals surface area contributed by atoms with Crippen molar-refractivity contribution in [1.82, 2.24) is 0 Å². The lowest BCUT2D eigenvalue weighted by Crippen LogP contribution is -2.07. The van der Waals surface area contributed by atoms with Crippen LogP contribution >= 0.6 is 23.2 Å². The van der Waals surface area contributed by atoms with Crippen LogP contribution in [0.15, 0.2) is 48.5 Å². The van der Waals surface area contributed by atoms with E-state index < -0.39 is 6.79 Å². The number of aliphatic hydroxyl groups is 1. The van der Waals surface area contributed by atoms with Crippen molar-refractivity contribution in [2.24, 2.45) is 0 Å². The maximum atomic E-state index is 11.9. The van der Waals surface area contributed by atoms with Crippen molar-refractivity contribution in [3.05, 3.63) is 64.1 Å². The van der Waals surface area contributed by atoms with Crippen LogP contribution in [0.4, 0.5) is 5.69 Å². The van der Waals surface area contributed by atoms with Crippen LogP contribution in [-0.2, 0) is 4.79 Å². The number of rotatable bonds is 5. The van der Waals surface area contributed by atoms with E-state index in [9.17, 15) is 4.79 Å². The predicted molar refractivity (Wildman–Crippen MR) is 88.3 cm³/mol. The van der Waals surface area contributed by atoms with E-state index in [1.165, 1.54) is 6.08 Å². The maximum Gasteiger partial charge on any atom is 0.248 e. The van der Waals surface area contributed by atoms with Gasteiger partial charge >= 0.3 is 0 Å². The van der Waals surface area contributed by atoms with Crippen molar-refractivity contribution in [2.75, 3.05) is 12.1 Å². The summed E-state index contributed by atoms with van der Waals surface area (Å²) in [7, 11) is 0. The van der Waals surface area contributed by atoms with E-state index in [2.05, 4.69) is 5.32 Å². The molecule has 0 fully saturated rings. The molecule has 0 saturated heterocycles. The molecule has 4 nitrogen and oxygen atoms in total. The summed E-state index contributed by atoms with van der Waals surface area (Å²) >= 11 is 12.0. The SMILES string of the molecule is O=C(/C=C/c1cccc(OCO)c1Cl)Nc1cccc(Cl)c1. The van der Waals surface area contributed by atoms with Gasteiger partial charge in [-0.25, -0.2) is 0 Å². The van der Waals surface area contributed by atoms with Crippen LogP contribution in [0.2, 0.25) is 10.0 Å². The Hall–Kier alpha value is -2.01. The van der Waals surface area contributed by atoms with Crippen LogP contribution in [0.5, 0.6) is 5.75 Å². The molecule has 2 aromatic carbocycles. The van der Waals surface area contributed by atoms with Crippen LogP contribution in [-0.4, -0.2) is 17.8 Å². The molecule has 0 aliphatic carbocycles. The first-order chi connectivity index (χ1) is 10.6. The Morgan fingerprint density at radius 2 is 2.00 bits per heavy atom. The Morgan fingerprint density at radius 3 is 2.73 bits per heavy atom. The predicted octanol–water partition coefficient (Wildman–Crippen LogP) is 3.97. The van der Waals surface area contributed by atoms with Crippen LogP contribution in [0, 0.1) is 0 Å². The number of halogens is 2. The average molecular weight is 338 g/mol. The lowest BCUT2D eigenvalue weighted by atomic mass is 10.2. The number of anilines is 1. The minimum Gasteiger partial charge on any atom is -0.466 e. The highest BCUT2D eigenvalue weighted by Crippen LogP contribution is 2.28. The highest BCUT2D eigenvalue weighted by Gasteiger charge is 2.05. The summed E-state index contributed by atoms with van der Waals surface area (Å²) in [4.78, 5) is 11.9. The molecule has 1 amide bonds. The number of aliphatic hydroxyl groups excluding tert-OH is 1. The minimum atomic E-state index is -0.470. The summed E-state index contributed by atoms with van der Waals surface area (Å²) in [5.41, 5.74) is 1.21. The topological polar surface area (TPSA) is 58.6 Å². The number of amides is 1. The highest BCUT2D eigenvalue weighted by molar-refractivity contribution is 6.33. The minimum absolute atomic E-state index is 0.313. The van der Waals surface area contributed by atoms with Crippen molar-refractivity contribution < 1.29 is 14.6 Å². The Labute approximate surface area is 137 Å². The smallest absolute Gasteiger partial charge is 0.248 e. The van der Waals surface area contributed by atoms with E-state index in [1.54, 1.807) is 48.5 Å². The maximum absolute atomic E-state index is 11.9. The van der Waals surface area contributed by atoms with E-state index in [0.29, 0.717) is 27.0 Å². The van der Waals surface area contributed by atoms with Gasteiger partial charge in [-0.2, -0.15) is 0 Å². The Kier molecular flexibility index (Phi) is 5.83. The van der Waals surface area contributed by atoms with Gasteiger partial charge in [0.15, 0.2) is 6.79 Å². The number of ether oxygens (including phenoxy) is 1. The molecule has 0 saturated carbocycles. The van der Waals surface area contributed by atoms with Gasteiger partial charge in [0, 0.05) is 16.8 Å².